The number of hydrazine groups is 1. The summed E-state index contributed by atoms with van der Waals surface area (Å²) in [6, 6.07) is 1.71. The number of pyridine rings is 1. The summed E-state index contributed by atoms with van der Waals surface area (Å²) in [5.74, 6) is 6.05. The van der Waals surface area contributed by atoms with Gasteiger partial charge in [-0.2, -0.15) is 0 Å². The zero-order valence-electron chi connectivity index (χ0n) is 10.0. The zero-order chi connectivity index (χ0) is 12.3. The average molecular weight is 234 g/mol. The second-order valence-electron chi connectivity index (χ2n) is 4.38. The monoisotopic (exact) mass is 234 g/mol. The van der Waals surface area contributed by atoms with Crippen molar-refractivity contribution in [3.8, 4) is 0 Å². The lowest BCUT2D eigenvalue weighted by atomic mass is 10.1. The fourth-order valence-corrected chi connectivity index (χ4v) is 2.22. The maximum Gasteiger partial charge on any atom is 0.256 e. The lowest BCUT2D eigenvalue weighted by Crippen LogP contribution is -2.29. The number of rotatable bonds is 3. The van der Waals surface area contributed by atoms with E-state index in [2.05, 4.69) is 17.3 Å². The Bertz CT molecular complexity index is 407. The average Bonchev–Trinajstić information content (AvgIpc) is 2.86. The summed E-state index contributed by atoms with van der Waals surface area (Å²) >= 11 is 0. The highest BCUT2D eigenvalue weighted by Gasteiger charge is 2.26. The summed E-state index contributed by atoms with van der Waals surface area (Å²) in [6.07, 6.45) is 5.41. The predicted molar refractivity (Wildman–Crippen MR) is 66.3 cm³/mol. The number of anilines is 1. The standard InChI is InChI=1S/C12H18N4O/c1-2-9-4-6-16(8-9)12(17)10-3-5-14-7-11(10)15-13/h3,5,7,9,15H,2,4,6,8,13H2,1H3. The Labute approximate surface area is 101 Å². The Kier molecular flexibility index (Phi) is 3.58. The molecular weight excluding hydrogens is 216 g/mol. The molecule has 1 aromatic rings. The molecule has 1 amide bonds. The Hall–Kier alpha value is -1.62. The van der Waals surface area contributed by atoms with Crippen LogP contribution in [-0.4, -0.2) is 28.9 Å². The van der Waals surface area contributed by atoms with Crippen LogP contribution in [0.15, 0.2) is 18.5 Å². The normalized spacial score (nSPS) is 19.4. The van der Waals surface area contributed by atoms with Gasteiger partial charge in [0.05, 0.1) is 17.4 Å². The van der Waals surface area contributed by atoms with Gasteiger partial charge in [0.2, 0.25) is 0 Å². The molecule has 0 bridgehead atoms. The second kappa shape index (κ2) is 5.14. The summed E-state index contributed by atoms with van der Waals surface area (Å²) in [7, 11) is 0. The smallest absolute Gasteiger partial charge is 0.256 e. The third kappa shape index (κ3) is 2.39. The van der Waals surface area contributed by atoms with Gasteiger partial charge in [0.15, 0.2) is 0 Å². The van der Waals surface area contributed by atoms with Crippen molar-refractivity contribution < 1.29 is 4.79 Å². The first-order valence-electron chi connectivity index (χ1n) is 5.96. The summed E-state index contributed by atoms with van der Waals surface area (Å²) in [6.45, 7) is 3.85. The molecule has 0 spiro atoms. The number of nitrogens with one attached hydrogen (secondary N) is 1. The van der Waals surface area contributed by atoms with Gasteiger partial charge in [-0.15, -0.1) is 0 Å². The van der Waals surface area contributed by atoms with E-state index in [-0.39, 0.29) is 5.91 Å². The number of likely N-dealkylation sites (tertiary alicyclic amines) is 1. The van der Waals surface area contributed by atoms with E-state index in [4.69, 9.17) is 5.84 Å². The van der Waals surface area contributed by atoms with Gasteiger partial charge in [-0.1, -0.05) is 13.3 Å². The Morgan fingerprint density at radius 1 is 1.71 bits per heavy atom. The largest absolute Gasteiger partial charge is 0.338 e. The highest BCUT2D eigenvalue weighted by Crippen LogP contribution is 2.23. The molecule has 92 valence electrons. The SMILES string of the molecule is CCC1CCN(C(=O)c2ccncc2NN)C1. The van der Waals surface area contributed by atoms with E-state index < -0.39 is 0 Å². The van der Waals surface area contributed by atoms with E-state index in [1.807, 2.05) is 4.90 Å². The first-order valence-corrected chi connectivity index (χ1v) is 5.96. The molecule has 0 radical (unpaired) electrons. The number of amides is 1. The van der Waals surface area contributed by atoms with Crippen molar-refractivity contribution in [3.63, 3.8) is 0 Å². The molecule has 1 fully saturated rings. The number of carbonyl (C=O) groups excluding carboxylic acids is 1. The summed E-state index contributed by atoms with van der Waals surface area (Å²) in [5.41, 5.74) is 3.69. The van der Waals surface area contributed by atoms with E-state index in [9.17, 15) is 4.79 Å². The van der Waals surface area contributed by atoms with E-state index >= 15 is 0 Å². The number of aromatic nitrogens is 1. The van der Waals surface area contributed by atoms with E-state index in [1.54, 1.807) is 18.5 Å². The highest BCUT2D eigenvalue weighted by molar-refractivity contribution is 5.99. The molecule has 2 heterocycles. The molecule has 1 aromatic heterocycles. The molecule has 0 aliphatic carbocycles. The first-order chi connectivity index (χ1) is 8.26. The molecule has 1 unspecified atom stereocenters. The van der Waals surface area contributed by atoms with Crippen molar-refractivity contribution in [3.05, 3.63) is 24.0 Å². The Morgan fingerprint density at radius 3 is 3.18 bits per heavy atom. The van der Waals surface area contributed by atoms with Crippen molar-refractivity contribution in [2.24, 2.45) is 11.8 Å². The predicted octanol–water partition coefficient (Wildman–Crippen LogP) is 1.24. The van der Waals surface area contributed by atoms with Crippen molar-refractivity contribution in [1.82, 2.24) is 9.88 Å². The number of hydrogen-bond donors (Lipinski definition) is 2. The lowest BCUT2D eigenvalue weighted by molar-refractivity contribution is 0.0787. The van der Waals surface area contributed by atoms with Gasteiger partial charge in [0.25, 0.3) is 5.91 Å². The van der Waals surface area contributed by atoms with Gasteiger partial charge in [0.1, 0.15) is 0 Å². The van der Waals surface area contributed by atoms with Crippen LogP contribution in [0, 0.1) is 5.92 Å². The Balaban J connectivity index is 2.15. The number of nitrogens with two attached hydrogens (primary N) is 1. The molecule has 1 saturated heterocycles. The van der Waals surface area contributed by atoms with Crippen LogP contribution in [0.25, 0.3) is 0 Å². The second-order valence-corrected chi connectivity index (χ2v) is 4.38. The van der Waals surface area contributed by atoms with Gasteiger partial charge >= 0.3 is 0 Å². The fraction of sp³-hybridized carbons (Fsp3) is 0.500. The number of nitrogen functional groups attached to an aromatic ring is 1. The van der Waals surface area contributed by atoms with Crippen LogP contribution in [0.1, 0.15) is 30.1 Å². The van der Waals surface area contributed by atoms with Gasteiger partial charge < -0.3 is 10.3 Å². The fourth-order valence-electron chi connectivity index (χ4n) is 2.22. The van der Waals surface area contributed by atoms with Gasteiger partial charge in [0, 0.05) is 19.3 Å². The zero-order valence-corrected chi connectivity index (χ0v) is 10.0. The summed E-state index contributed by atoms with van der Waals surface area (Å²) in [5, 5.41) is 0. The minimum Gasteiger partial charge on any atom is -0.338 e. The van der Waals surface area contributed by atoms with Crippen LogP contribution in [-0.2, 0) is 0 Å². The van der Waals surface area contributed by atoms with Crippen LogP contribution in [0.5, 0.6) is 0 Å². The minimum absolute atomic E-state index is 0.0382. The van der Waals surface area contributed by atoms with Gasteiger partial charge in [-0.25, -0.2) is 0 Å². The van der Waals surface area contributed by atoms with Crippen LogP contribution in [0.3, 0.4) is 0 Å². The number of hydrogen-bond acceptors (Lipinski definition) is 4. The molecule has 17 heavy (non-hydrogen) atoms. The molecule has 1 aliphatic heterocycles. The van der Waals surface area contributed by atoms with Gasteiger partial charge in [-0.3, -0.25) is 15.6 Å². The highest BCUT2D eigenvalue weighted by atomic mass is 16.2. The Morgan fingerprint density at radius 2 is 2.53 bits per heavy atom. The van der Waals surface area contributed by atoms with Crippen molar-refractivity contribution in [2.75, 3.05) is 18.5 Å². The molecule has 1 aliphatic rings. The van der Waals surface area contributed by atoms with Gasteiger partial charge in [-0.05, 0) is 18.4 Å². The molecule has 1 atom stereocenters. The van der Waals surface area contributed by atoms with E-state index in [1.165, 1.54) is 0 Å². The first kappa shape index (κ1) is 11.9. The molecule has 0 aromatic carbocycles. The maximum absolute atomic E-state index is 12.3. The number of nitrogens with zero attached hydrogens (tertiary/aromatic N) is 2. The minimum atomic E-state index is 0.0382. The lowest BCUT2D eigenvalue weighted by Gasteiger charge is -2.17. The molecule has 5 heteroatoms. The molecule has 2 rings (SSSR count). The number of carbonyl (C=O) groups is 1. The molecule has 5 nitrogen and oxygen atoms in total. The molecule has 0 saturated carbocycles. The third-order valence-electron chi connectivity index (χ3n) is 3.36. The topological polar surface area (TPSA) is 71.2 Å². The quantitative estimate of drug-likeness (QED) is 0.609. The van der Waals surface area contributed by atoms with E-state index in [0.29, 0.717) is 17.2 Å². The molecule has 3 N–H and O–H groups in total. The van der Waals surface area contributed by atoms with Crippen molar-refractivity contribution in [2.45, 2.75) is 19.8 Å². The summed E-state index contributed by atoms with van der Waals surface area (Å²) < 4.78 is 0. The van der Waals surface area contributed by atoms with Crippen molar-refractivity contribution >= 4 is 11.6 Å². The van der Waals surface area contributed by atoms with Crippen LogP contribution < -0.4 is 11.3 Å². The third-order valence-corrected chi connectivity index (χ3v) is 3.36. The van der Waals surface area contributed by atoms with Crippen molar-refractivity contribution in [1.29, 1.82) is 0 Å². The van der Waals surface area contributed by atoms with Crippen LogP contribution >= 0.6 is 0 Å². The maximum atomic E-state index is 12.3. The van der Waals surface area contributed by atoms with Crippen LogP contribution in [0.4, 0.5) is 5.69 Å². The summed E-state index contributed by atoms with van der Waals surface area (Å²) in [4.78, 5) is 18.1. The van der Waals surface area contributed by atoms with Crippen LogP contribution in [0.2, 0.25) is 0 Å². The molecular formula is C12H18N4O. The van der Waals surface area contributed by atoms with E-state index in [0.717, 1.165) is 25.9 Å².